The summed E-state index contributed by atoms with van der Waals surface area (Å²) in [5.41, 5.74) is 3.97. The van der Waals surface area contributed by atoms with Crippen molar-refractivity contribution < 1.29 is 19.6 Å². The molecule has 7 nitrogen and oxygen atoms in total. The smallest absolute Gasteiger partial charge is 0.326 e. The Kier molecular flexibility index (Phi) is 6.16. The predicted molar refractivity (Wildman–Crippen MR) is 109 cm³/mol. The Bertz CT molecular complexity index is 843. The van der Waals surface area contributed by atoms with Gasteiger partial charge in [-0.2, -0.15) is 0 Å². The Morgan fingerprint density at radius 3 is 2.36 bits per heavy atom. The molecule has 148 valence electrons. The minimum absolute atomic E-state index is 0.253. The van der Waals surface area contributed by atoms with Gasteiger partial charge in [0, 0.05) is 11.4 Å². The Morgan fingerprint density at radius 1 is 1.04 bits per heavy atom. The predicted octanol–water partition coefficient (Wildman–Crippen LogP) is 1.06. The molecular formula is C21H27N4O3+. The lowest BCUT2D eigenvalue weighted by Gasteiger charge is -2.33. The molecule has 0 unspecified atom stereocenters. The zero-order chi connectivity index (χ0) is 20.1. The van der Waals surface area contributed by atoms with Crippen molar-refractivity contribution in [1.29, 1.82) is 0 Å². The number of urea groups is 1. The number of aryl methyl sites for hydroxylation is 2. The van der Waals surface area contributed by atoms with Crippen molar-refractivity contribution >= 4 is 23.3 Å². The van der Waals surface area contributed by atoms with E-state index in [9.17, 15) is 14.7 Å². The highest BCUT2D eigenvalue weighted by atomic mass is 16.3. The first kappa shape index (κ1) is 19.7. The molecule has 1 saturated heterocycles. The zero-order valence-corrected chi connectivity index (χ0v) is 16.3. The standard InChI is InChI=1S/C21H26N4O3/c1-15-3-4-17(13-16(15)2)22-21(28)23-20(27)14-24-9-11-25(12-10-24)18-5-7-19(26)8-6-18/h3-8,13,26H,9-12,14H2,1-2H3,(H2,22,23,27,28)/p+1. The third-order valence-corrected chi connectivity index (χ3v) is 5.11. The summed E-state index contributed by atoms with van der Waals surface area (Å²) in [6.07, 6.45) is 0. The number of phenolic OH excluding ortho intramolecular Hbond substituents is 1. The van der Waals surface area contributed by atoms with E-state index < -0.39 is 6.03 Å². The maximum absolute atomic E-state index is 12.2. The molecule has 0 radical (unpaired) electrons. The van der Waals surface area contributed by atoms with Crippen molar-refractivity contribution in [1.82, 2.24) is 5.32 Å². The number of nitrogens with zero attached hydrogens (tertiary/aromatic N) is 1. The van der Waals surface area contributed by atoms with Crippen LogP contribution in [0.4, 0.5) is 16.2 Å². The molecule has 7 heteroatoms. The summed E-state index contributed by atoms with van der Waals surface area (Å²) in [5.74, 6) is -0.0295. The fourth-order valence-corrected chi connectivity index (χ4v) is 3.30. The second kappa shape index (κ2) is 8.75. The van der Waals surface area contributed by atoms with Crippen LogP contribution in [-0.4, -0.2) is 49.8 Å². The Hall–Kier alpha value is -3.06. The molecule has 0 saturated carbocycles. The van der Waals surface area contributed by atoms with Gasteiger partial charge in [-0.25, -0.2) is 4.79 Å². The maximum Gasteiger partial charge on any atom is 0.326 e. The van der Waals surface area contributed by atoms with Crippen molar-refractivity contribution in [3.63, 3.8) is 0 Å². The molecule has 0 bridgehead atoms. The van der Waals surface area contributed by atoms with Crippen LogP contribution in [0.15, 0.2) is 42.5 Å². The summed E-state index contributed by atoms with van der Waals surface area (Å²) >= 11 is 0. The number of carbonyl (C=O) groups excluding carboxylic acids is 2. The van der Waals surface area contributed by atoms with E-state index in [1.807, 2.05) is 44.2 Å². The van der Waals surface area contributed by atoms with Crippen LogP contribution in [0.3, 0.4) is 0 Å². The molecule has 4 N–H and O–H groups in total. The minimum Gasteiger partial charge on any atom is -0.508 e. The largest absolute Gasteiger partial charge is 0.508 e. The minimum atomic E-state index is -0.504. The zero-order valence-electron chi connectivity index (χ0n) is 16.3. The topological polar surface area (TPSA) is 86.1 Å². The van der Waals surface area contributed by atoms with Gasteiger partial charge in [0.1, 0.15) is 5.75 Å². The second-order valence-electron chi connectivity index (χ2n) is 7.23. The number of rotatable bonds is 4. The number of hydrogen-bond donors (Lipinski definition) is 4. The van der Waals surface area contributed by atoms with Gasteiger partial charge in [-0.15, -0.1) is 0 Å². The Morgan fingerprint density at radius 2 is 1.71 bits per heavy atom. The van der Waals surface area contributed by atoms with Gasteiger partial charge in [0.15, 0.2) is 6.54 Å². The van der Waals surface area contributed by atoms with Crippen LogP contribution in [0.5, 0.6) is 5.75 Å². The highest BCUT2D eigenvalue weighted by Gasteiger charge is 2.23. The number of quaternary nitrogens is 1. The van der Waals surface area contributed by atoms with Crippen LogP contribution in [0.1, 0.15) is 11.1 Å². The number of anilines is 2. The van der Waals surface area contributed by atoms with Crippen molar-refractivity contribution in [3.05, 3.63) is 53.6 Å². The molecule has 0 aromatic heterocycles. The number of aromatic hydroxyl groups is 1. The lowest BCUT2D eigenvalue weighted by Crippen LogP contribution is -3.16. The fourth-order valence-electron chi connectivity index (χ4n) is 3.30. The van der Waals surface area contributed by atoms with Crippen LogP contribution in [0, 0.1) is 13.8 Å². The second-order valence-corrected chi connectivity index (χ2v) is 7.23. The van der Waals surface area contributed by atoms with Crippen LogP contribution >= 0.6 is 0 Å². The number of benzene rings is 2. The van der Waals surface area contributed by atoms with E-state index in [2.05, 4.69) is 15.5 Å². The van der Waals surface area contributed by atoms with E-state index in [0.717, 1.165) is 47.9 Å². The van der Waals surface area contributed by atoms with Gasteiger partial charge in [0.2, 0.25) is 0 Å². The maximum atomic E-state index is 12.2. The Balaban J connectivity index is 1.43. The summed E-state index contributed by atoms with van der Waals surface area (Å²) in [6.45, 7) is 7.52. The monoisotopic (exact) mass is 383 g/mol. The number of hydrogen-bond acceptors (Lipinski definition) is 4. The van der Waals surface area contributed by atoms with E-state index in [0.29, 0.717) is 5.69 Å². The number of phenols is 1. The van der Waals surface area contributed by atoms with Crippen molar-refractivity contribution in [2.24, 2.45) is 0 Å². The Labute approximate surface area is 165 Å². The molecule has 28 heavy (non-hydrogen) atoms. The van der Waals surface area contributed by atoms with Crippen LogP contribution < -0.4 is 20.4 Å². The summed E-state index contributed by atoms with van der Waals surface area (Å²) in [7, 11) is 0. The van der Waals surface area contributed by atoms with Gasteiger partial charge >= 0.3 is 6.03 Å². The molecule has 3 amide bonds. The average Bonchev–Trinajstić information content (AvgIpc) is 2.66. The number of amides is 3. The van der Waals surface area contributed by atoms with E-state index in [-0.39, 0.29) is 18.2 Å². The lowest BCUT2D eigenvalue weighted by atomic mass is 10.1. The molecule has 1 heterocycles. The average molecular weight is 383 g/mol. The molecule has 1 fully saturated rings. The van der Waals surface area contributed by atoms with Gasteiger partial charge < -0.3 is 20.2 Å². The SMILES string of the molecule is Cc1ccc(NC(=O)NC(=O)C[NH+]2CCN(c3ccc(O)cc3)CC2)cc1C. The summed E-state index contributed by atoms with van der Waals surface area (Å²) < 4.78 is 0. The fraction of sp³-hybridized carbons (Fsp3) is 0.333. The first-order valence-corrected chi connectivity index (χ1v) is 9.46. The third-order valence-electron chi connectivity index (χ3n) is 5.11. The molecule has 0 spiro atoms. The third kappa shape index (κ3) is 5.23. The number of imide groups is 1. The van der Waals surface area contributed by atoms with Crippen LogP contribution in [0.2, 0.25) is 0 Å². The van der Waals surface area contributed by atoms with E-state index in [4.69, 9.17) is 0 Å². The van der Waals surface area contributed by atoms with Gasteiger partial charge in [-0.1, -0.05) is 6.07 Å². The van der Waals surface area contributed by atoms with E-state index >= 15 is 0 Å². The highest BCUT2D eigenvalue weighted by molar-refractivity contribution is 6.01. The normalized spacial score (nSPS) is 14.6. The highest BCUT2D eigenvalue weighted by Crippen LogP contribution is 2.18. The quantitative estimate of drug-likeness (QED) is 0.636. The van der Waals surface area contributed by atoms with Gasteiger partial charge in [0.25, 0.3) is 5.91 Å². The lowest BCUT2D eigenvalue weighted by molar-refractivity contribution is -0.892. The molecular weight excluding hydrogens is 356 g/mol. The van der Waals surface area contributed by atoms with E-state index in [1.165, 1.54) is 0 Å². The molecule has 1 aliphatic rings. The summed E-state index contributed by atoms with van der Waals surface area (Å²) in [5, 5.41) is 14.5. The first-order valence-electron chi connectivity index (χ1n) is 9.46. The van der Waals surface area contributed by atoms with Crippen LogP contribution in [0.25, 0.3) is 0 Å². The molecule has 1 aliphatic heterocycles. The number of carbonyl (C=O) groups is 2. The molecule has 2 aromatic carbocycles. The number of nitrogens with one attached hydrogen (secondary N) is 3. The molecule has 0 aliphatic carbocycles. The summed E-state index contributed by atoms with van der Waals surface area (Å²) in [4.78, 5) is 27.6. The molecule has 0 atom stereocenters. The first-order chi connectivity index (χ1) is 13.4. The van der Waals surface area contributed by atoms with Gasteiger partial charge in [-0.3, -0.25) is 10.1 Å². The van der Waals surface area contributed by atoms with Gasteiger partial charge in [0.05, 0.1) is 26.2 Å². The van der Waals surface area contributed by atoms with Crippen molar-refractivity contribution in [2.75, 3.05) is 42.9 Å². The molecule has 2 aromatic rings. The van der Waals surface area contributed by atoms with Crippen molar-refractivity contribution in [2.45, 2.75) is 13.8 Å². The number of piperazine rings is 1. The molecule has 3 rings (SSSR count). The summed E-state index contributed by atoms with van der Waals surface area (Å²) in [6, 6.07) is 12.3. The van der Waals surface area contributed by atoms with Crippen molar-refractivity contribution in [3.8, 4) is 5.75 Å². The van der Waals surface area contributed by atoms with Gasteiger partial charge in [-0.05, 0) is 61.4 Å². The van der Waals surface area contributed by atoms with E-state index in [1.54, 1.807) is 12.1 Å². The van der Waals surface area contributed by atoms with Crippen LogP contribution in [-0.2, 0) is 4.79 Å².